The first kappa shape index (κ1) is 19.0. The van der Waals surface area contributed by atoms with Gasteiger partial charge in [0.25, 0.3) is 0 Å². The zero-order valence-corrected chi connectivity index (χ0v) is 15.4. The van der Waals surface area contributed by atoms with Gasteiger partial charge in [0.15, 0.2) is 0 Å². The molecule has 1 nitrogen and oxygen atoms in total. The Kier molecular flexibility index (Phi) is 7.35. The van der Waals surface area contributed by atoms with Crippen molar-refractivity contribution >= 4 is 0 Å². The van der Waals surface area contributed by atoms with Gasteiger partial charge in [-0.2, -0.15) is 0 Å². The molecular formula is C21H34O. The maximum absolute atomic E-state index is 8.93. The molecule has 0 aromatic heterocycles. The van der Waals surface area contributed by atoms with Crippen LogP contribution in [0, 0.1) is 11.3 Å². The van der Waals surface area contributed by atoms with Crippen LogP contribution in [-0.2, 0) is 0 Å². The predicted octanol–water partition coefficient (Wildman–Crippen LogP) is 5.98. The van der Waals surface area contributed by atoms with Gasteiger partial charge in [-0.15, -0.1) is 0 Å². The van der Waals surface area contributed by atoms with E-state index in [0.29, 0.717) is 11.3 Å². The summed E-state index contributed by atoms with van der Waals surface area (Å²) in [5, 5.41) is 8.93. The molecule has 1 aliphatic rings. The molecule has 0 spiro atoms. The van der Waals surface area contributed by atoms with Crippen molar-refractivity contribution in [2.75, 3.05) is 6.61 Å². The van der Waals surface area contributed by atoms with Crippen molar-refractivity contribution in [2.45, 2.75) is 67.2 Å². The Labute approximate surface area is 137 Å². The number of aliphatic hydroxyl groups is 1. The molecule has 1 atom stereocenters. The van der Waals surface area contributed by atoms with E-state index in [2.05, 4.69) is 59.8 Å². The number of rotatable bonds is 6. The fourth-order valence-corrected chi connectivity index (χ4v) is 3.54. The van der Waals surface area contributed by atoms with Crippen molar-refractivity contribution in [1.29, 1.82) is 0 Å². The minimum Gasteiger partial charge on any atom is -0.392 e. The highest BCUT2D eigenvalue weighted by Crippen LogP contribution is 2.40. The van der Waals surface area contributed by atoms with E-state index in [1.807, 2.05) is 6.08 Å². The maximum Gasteiger partial charge on any atom is 0.0614 e. The average molecular weight is 303 g/mol. The van der Waals surface area contributed by atoms with E-state index in [-0.39, 0.29) is 6.61 Å². The lowest BCUT2D eigenvalue weighted by molar-refractivity contribution is 0.341. The minimum atomic E-state index is 0.143. The van der Waals surface area contributed by atoms with Gasteiger partial charge in [0, 0.05) is 0 Å². The van der Waals surface area contributed by atoms with Gasteiger partial charge < -0.3 is 5.11 Å². The summed E-state index contributed by atoms with van der Waals surface area (Å²) >= 11 is 0. The van der Waals surface area contributed by atoms with Crippen LogP contribution in [0.1, 0.15) is 67.2 Å². The second kappa shape index (κ2) is 8.53. The molecule has 124 valence electrons. The SMILES string of the molecule is CC1=C(/C=C/C(C)=C/C(C)C/C(C)=C\CO)C(C)(C)CCC1. The van der Waals surface area contributed by atoms with E-state index in [1.54, 1.807) is 5.57 Å². The van der Waals surface area contributed by atoms with Gasteiger partial charge in [-0.3, -0.25) is 0 Å². The van der Waals surface area contributed by atoms with Crippen LogP contribution in [-0.4, -0.2) is 11.7 Å². The summed E-state index contributed by atoms with van der Waals surface area (Å²) in [6, 6.07) is 0. The van der Waals surface area contributed by atoms with Crippen LogP contribution >= 0.6 is 0 Å². The predicted molar refractivity (Wildman–Crippen MR) is 97.9 cm³/mol. The van der Waals surface area contributed by atoms with Gasteiger partial charge in [0.1, 0.15) is 0 Å². The van der Waals surface area contributed by atoms with Gasteiger partial charge in [-0.05, 0) is 63.4 Å². The second-order valence-corrected chi connectivity index (χ2v) is 7.59. The molecule has 0 bridgehead atoms. The molecule has 0 aliphatic heterocycles. The van der Waals surface area contributed by atoms with Gasteiger partial charge in [0.05, 0.1) is 6.61 Å². The molecule has 0 radical (unpaired) electrons. The van der Waals surface area contributed by atoms with Crippen molar-refractivity contribution in [3.8, 4) is 0 Å². The van der Waals surface area contributed by atoms with Crippen molar-refractivity contribution < 1.29 is 5.11 Å². The van der Waals surface area contributed by atoms with E-state index in [1.165, 1.54) is 36.0 Å². The van der Waals surface area contributed by atoms with Crippen molar-refractivity contribution in [3.05, 3.63) is 46.6 Å². The summed E-state index contributed by atoms with van der Waals surface area (Å²) in [7, 11) is 0. The summed E-state index contributed by atoms with van der Waals surface area (Å²) in [4.78, 5) is 0. The number of hydrogen-bond acceptors (Lipinski definition) is 1. The molecule has 0 heterocycles. The van der Waals surface area contributed by atoms with Crippen LogP contribution in [0.2, 0.25) is 0 Å². The third-order valence-corrected chi connectivity index (χ3v) is 4.69. The lowest BCUT2D eigenvalue weighted by Gasteiger charge is -2.33. The largest absolute Gasteiger partial charge is 0.392 e. The summed E-state index contributed by atoms with van der Waals surface area (Å²) < 4.78 is 0. The Morgan fingerprint density at radius 2 is 2.00 bits per heavy atom. The highest BCUT2D eigenvalue weighted by molar-refractivity contribution is 5.36. The fraction of sp³-hybridized carbons (Fsp3) is 0.619. The Balaban J connectivity index is 2.76. The molecule has 0 aromatic carbocycles. The molecule has 0 saturated heterocycles. The first-order valence-electron chi connectivity index (χ1n) is 8.59. The maximum atomic E-state index is 8.93. The summed E-state index contributed by atoms with van der Waals surface area (Å²) in [5.41, 5.74) is 5.97. The van der Waals surface area contributed by atoms with Crippen LogP contribution in [0.4, 0.5) is 0 Å². The number of hydrogen-bond donors (Lipinski definition) is 1. The van der Waals surface area contributed by atoms with Crippen molar-refractivity contribution in [2.24, 2.45) is 11.3 Å². The summed E-state index contributed by atoms with van der Waals surface area (Å²) in [6.07, 6.45) is 13.7. The molecule has 1 unspecified atom stereocenters. The lowest BCUT2D eigenvalue weighted by Crippen LogP contribution is -2.19. The van der Waals surface area contributed by atoms with Crippen LogP contribution in [0.25, 0.3) is 0 Å². The normalized spacial score (nSPS) is 21.6. The molecule has 1 N–H and O–H groups in total. The number of allylic oxidation sites excluding steroid dienone is 7. The summed E-state index contributed by atoms with van der Waals surface area (Å²) in [5.74, 6) is 0.502. The van der Waals surface area contributed by atoms with Gasteiger partial charge in [-0.25, -0.2) is 0 Å². The van der Waals surface area contributed by atoms with E-state index in [0.717, 1.165) is 6.42 Å². The zero-order valence-electron chi connectivity index (χ0n) is 15.4. The molecule has 0 aromatic rings. The third-order valence-electron chi connectivity index (χ3n) is 4.69. The Morgan fingerprint density at radius 1 is 1.32 bits per heavy atom. The Bertz CT molecular complexity index is 486. The van der Waals surface area contributed by atoms with E-state index < -0.39 is 0 Å². The minimum absolute atomic E-state index is 0.143. The first-order chi connectivity index (χ1) is 10.3. The Hall–Kier alpha value is -1.08. The average Bonchev–Trinajstić information content (AvgIpc) is 2.37. The lowest BCUT2D eigenvalue weighted by atomic mass is 9.72. The van der Waals surface area contributed by atoms with Crippen LogP contribution in [0.5, 0.6) is 0 Å². The van der Waals surface area contributed by atoms with E-state index >= 15 is 0 Å². The molecule has 1 rings (SSSR count). The molecule has 1 heteroatoms. The highest BCUT2D eigenvalue weighted by Gasteiger charge is 2.26. The molecular weight excluding hydrogens is 268 g/mol. The molecule has 1 aliphatic carbocycles. The van der Waals surface area contributed by atoms with E-state index in [4.69, 9.17) is 5.11 Å². The van der Waals surface area contributed by atoms with Gasteiger partial charge in [-0.1, -0.05) is 61.8 Å². The molecule has 0 fully saturated rings. The summed E-state index contributed by atoms with van der Waals surface area (Å²) in [6.45, 7) is 13.7. The highest BCUT2D eigenvalue weighted by atomic mass is 16.2. The molecule has 0 saturated carbocycles. The quantitative estimate of drug-likeness (QED) is 0.472. The van der Waals surface area contributed by atoms with Gasteiger partial charge in [0.2, 0.25) is 0 Å². The smallest absolute Gasteiger partial charge is 0.0614 e. The van der Waals surface area contributed by atoms with Crippen LogP contribution < -0.4 is 0 Å². The zero-order chi connectivity index (χ0) is 16.8. The first-order valence-corrected chi connectivity index (χ1v) is 8.59. The standard InChI is InChI=1S/C21H34O/c1-16(14-18(3)15-17(2)11-13-22)9-10-20-19(4)8-7-12-21(20,5)6/h9-11,14,18,22H,7-8,12-13,15H2,1-6H3/b10-9+,16-14+,17-11-. The number of aliphatic hydroxyl groups excluding tert-OH is 1. The Morgan fingerprint density at radius 3 is 2.59 bits per heavy atom. The topological polar surface area (TPSA) is 20.2 Å². The van der Waals surface area contributed by atoms with E-state index in [9.17, 15) is 0 Å². The monoisotopic (exact) mass is 302 g/mol. The van der Waals surface area contributed by atoms with Gasteiger partial charge >= 0.3 is 0 Å². The van der Waals surface area contributed by atoms with Crippen LogP contribution in [0.15, 0.2) is 46.6 Å². The molecule has 22 heavy (non-hydrogen) atoms. The fourth-order valence-electron chi connectivity index (χ4n) is 3.54. The van der Waals surface area contributed by atoms with Crippen molar-refractivity contribution in [1.82, 2.24) is 0 Å². The third kappa shape index (κ3) is 5.96. The second-order valence-electron chi connectivity index (χ2n) is 7.59. The van der Waals surface area contributed by atoms with Crippen molar-refractivity contribution in [3.63, 3.8) is 0 Å². The molecule has 0 amide bonds. The van der Waals surface area contributed by atoms with Crippen LogP contribution in [0.3, 0.4) is 0 Å².